The molecule has 9 rings (SSSR count). The molecular weight excluding hydrogens is 1170 g/mol. The second-order valence-electron chi connectivity index (χ2n) is 19.5. The highest BCUT2D eigenvalue weighted by molar-refractivity contribution is 6.17. The number of rotatable bonds is 27. The van der Waals surface area contributed by atoms with E-state index in [2.05, 4.69) is 0 Å². The standard InChI is InChI=1S/C19H22O3.C14H13ClO.C14H14O2.C14H12O2.C8H16O4.C7H6O2/c1-3-21-15(2)19(20)13-16-9-11-18(12-10-16)22-14-17-7-5-4-6-8-17;3*15-10-12-6-8-14(9-7-12)16-11-13-4-2-1-3-5-13;1-4-10-7(9)8(11-5-2)12-6-3;8-5-6-1-3-7(9)4-2-6/h4-12,15H,3,13-14H2,1-2H3;1-9H,10-11H2;1-9,15H,10-11H2;1-10H,11H2;8H,4-6H2,1-3H3;1-5,9H. The summed E-state index contributed by atoms with van der Waals surface area (Å²) in [7, 11) is 0. The van der Waals surface area contributed by atoms with Gasteiger partial charge in [-0.15, -0.1) is 11.6 Å². The Labute approximate surface area is 540 Å². The number of aromatic hydroxyl groups is 1. The Balaban J connectivity index is 0.000000237. The van der Waals surface area contributed by atoms with Crippen molar-refractivity contribution in [2.45, 2.75) is 92.3 Å². The van der Waals surface area contributed by atoms with E-state index < -0.39 is 12.3 Å². The first kappa shape index (κ1) is 74.1. The topological polar surface area (TPSA) is 183 Å². The number of ether oxygens (including phenoxy) is 8. The third-order valence-corrected chi connectivity index (χ3v) is 12.8. The summed E-state index contributed by atoms with van der Waals surface area (Å²) in [5.41, 5.74) is 8.79. The normalized spacial score (nSPS) is 10.4. The molecule has 1 atom stereocenters. The number of benzene rings is 9. The zero-order valence-electron chi connectivity index (χ0n) is 52.4. The van der Waals surface area contributed by atoms with E-state index in [-0.39, 0.29) is 24.2 Å². The number of ketones is 1. The average Bonchev–Trinajstić information content (AvgIpc) is 3.69. The Bertz CT molecular complexity index is 3230. The van der Waals surface area contributed by atoms with Crippen molar-refractivity contribution >= 4 is 35.9 Å². The summed E-state index contributed by atoms with van der Waals surface area (Å²) in [6.45, 7) is 13.1. The van der Waals surface area contributed by atoms with Gasteiger partial charge in [0.2, 0.25) is 0 Å². The van der Waals surface area contributed by atoms with Gasteiger partial charge in [-0.25, -0.2) is 4.79 Å². The Morgan fingerprint density at radius 1 is 0.407 bits per heavy atom. The Hall–Kier alpha value is -9.41. The first-order chi connectivity index (χ1) is 44.4. The molecule has 91 heavy (non-hydrogen) atoms. The van der Waals surface area contributed by atoms with Crippen LogP contribution in [0.2, 0.25) is 0 Å². The molecule has 0 spiro atoms. The number of halogens is 1. The van der Waals surface area contributed by atoms with Crippen molar-refractivity contribution in [2.24, 2.45) is 0 Å². The largest absolute Gasteiger partial charge is 0.508 e. The van der Waals surface area contributed by atoms with Crippen molar-refractivity contribution in [3.8, 4) is 28.7 Å². The number of carbonyl (C=O) groups excluding carboxylic acids is 4. The minimum Gasteiger partial charge on any atom is -0.508 e. The first-order valence-electron chi connectivity index (χ1n) is 29.9. The van der Waals surface area contributed by atoms with Crippen LogP contribution in [0.25, 0.3) is 0 Å². The van der Waals surface area contributed by atoms with Crippen LogP contribution in [-0.4, -0.2) is 73.4 Å². The number of phenols is 1. The predicted octanol–water partition coefficient (Wildman–Crippen LogP) is 15.8. The molecule has 9 aromatic rings. The van der Waals surface area contributed by atoms with Crippen LogP contribution in [0, 0.1) is 0 Å². The number of hydrogen-bond acceptors (Lipinski definition) is 14. The first-order valence-corrected chi connectivity index (χ1v) is 30.4. The van der Waals surface area contributed by atoms with Gasteiger partial charge in [-0.1, -0.05) is 158 Å². The van der Waals surface area contributed by atoms with Gasteiger partial charge in [0.1, 0.15) is 73.9 Å². The van der Waals surface area contributed by atoms with Crippen LogP contribution in [0.3, 0.4) is 0 Å². The smallest absolute Gasteiger partial charge is 0.363 e. The maximum Gasteiger partial charge on any atom is 0.363 e. The minimum atomic E-state index is -0.861. The summed E-state index contributed by atoms with van der Waals surface area (Å²) >= 11 is 5.71. The van der Waals surface area contributed by atoms with Crippen LogP contribution >= 0.6 is 11.6 Å². The highest BCUT2D eigenvalue weighted by Crippen LogP contribution is 2.19. The average molecular weight is 1260 g/mol. The lowest BCUT2D eigenvalue weighted by Crippen LogP contribution is -2.29. The van der Waals surface area contributed by atoms with Gasteiger partial charge in [0.05, 0.1) is 13.2 Å². The Kier molecular flexibility index (Phi) is 37.3. The summed E-state index contributed by atoms with van der Waals surface area (Å²) in [4.78, 5) is 43.5. The molecule has 0 aliphatic heterocycles. The van der Waals surface area contributed by atoms with E-state index in [1.54, 1.807) is 64.1 Å². The molecule has 0 aliphatic carbocycles. The van der Waals surface area contributed by atoms with Gasteiger partial charge in [0, 0.05) is 43.2 Å². The lowest BCUT2D eigenvalue weighted by molar-refractivity contribution is -0.192. The molecular formula is C76H83ClO14. The molecule has 478 valence electrons. The zero-order chi connectivity index (χ0) is 65.5. The maximum atomic E-state index is 11.9. The molecule has 0 aliphatic rings. The number of aliphatic hydroxyl groups excluding tert-OH is 1. The molecule has 0 amide bonds. The third kappa shape index (κ3) is 32.1. The van der Waals surface area contributed by atoms with E-state index in [0.29, 0.717) is 76.3 Å². The lowest BCUT2D eigenvalue weighted by Gasteiger charge is -2.14. The van der Waals surface area contributed by atoms with Gasteiger partial charge in [-0.05, 0) is 158 Å². The molecule has 0 heterocycles. The summed E-state index contributed by atoms with van der Waals surface area (Å²) < 4.78 is 42.6. The summed E-state index contributed by atoms with van der Waals surface area (Å²) in [5, 5.41) is 17.6. The highest BCUT2D eigenvalue weighted by atomic mass is 35.5. The fourth-order valence-corrected chi connectivity index (χ4v) is 7.79. The molecule has 2 N–H and O–H groups in total. The molecule has 0 fully saturated rings. The van der Waals surface area contributed by atoms with Gasteiger partial charge in [-0.3, -0.25) is 14.4 Å². The number of alkyl halides is 1. The van der Waals surface area contributed by atoms with Crippen LogP contribution in [-0.2, 0) is 73.9 Å². The molecule has 9 aromatic carbocycles. The van der Waals surface area contributed by atoms with Gasteiger partial charge in [-0.2, -0.15) is 0 Å². The summed E-state index contributed by atoms with van der Waals surface area (Å²) in [6, 6.07) is 76.3. The van der Waals surface area contributed by atoms with E-state index in [4.69, 9.17) is 59.7 Å². The van der Waals surface area contributed by atoms with Crippen molar-refractivity contribution in [3.05, 3.63) is 293 Å². The molecule has 0 saturated heterocycles. The molecule has 1 unspecified atom stereocenters. The minimum absolute atomic E-state index is 0.0684. The van der Waals surface area contributed by atoms with E-state index in [1.807, 2.05) is 201 Å². The molecule has 0 saturated carbocycles. The quantitative estimate of drug-likeness (QED) is 0.0215. The van der Waals surface area contributed by atoms with Crippen LogP contribution in [0.15, 0.2) is 243 Å². The number of aldehydes is 2. The molecule has 14 nitrogen and oxygen atoms in total. The Morgan fingerprint density at radius 3 is 1.03 bits per heavy atom. The van der Waals surface area contributed by atoms with Gasteiger partial charge in [0.25, 0.3) is 6.29 Å². The van der Waals surface area contributed by atoms with Gasteiger partial charge < -0.3 is 48.1 Å². The molecule has 15 heteroatoms. The maximum absolute atomic E-state index is 11.9. The number of aliphatic hydroxyl groups is 1. The fourth-order valence-electron chi connectivity index (χ4n) is 7.61. The van der Waals surface area contributed by atoms with E-state index in [9.17, 15) is 19.2 Å². The van der Waals surface area contributed by atoms with Gasteiger partial charge in [0.15, 0.2) is 5.78 Å². The number of esters is 1. The fraction of sp³-hybridized carbons (Fsp3) is 0.237. The number of carbonyl (C=O) groups is 4. The molecule has 0 radical (unpaired) electrons. The Morgan fingerprint density at radius 2 is 0.725 bits per heavy atom. The zero-order valence-corrected chi connectivity index (χ0v) is 53.1. The summed E-state index contributed by atoms with van der Waals surface area (Å²) in [5.74, 6) is 3.63. The van der Waals surface area contributed by atoms with Crippen LogP contribution in [0.5, 0.6) is 28.7 Å². The van der Waals surface area contributed by atoms with Crippen molar-refractivity contribution in [1.29, 1.82) is 0 Å². The summed E-state index contributed by atoms with van der Waals surface area (Å²) in [6.07, 6.45) is 0.736. The number of phenolic OH excluding ortho intramolecular Hbond substituents is 1. The second-order valence-corrected chi connectivity index (χ2v) is 19.7. The third-order valence-electron chi connectivity index (χ3n) is 12.5. The predicted molar refractivity (Wildman–Crippen MR) is 357 cm³/mol. The number of Topliss-reactive ketones (excluding diaryl/α,β-unsaturated/α-hetero) is 1. The highest BCUT2D eigenvalue weighted by Gasteiger charge is 2.19. The number of hydrogen-bond donors (Lipinski definition) is 2. The van der Waals surface area contributed by atoms with E-state index in [0.717, 1.165) is 69.0 Å². The van der Waals surface area contributed by atoms with Crippen molar-refractivity contribution < 1.29 is 67.3 Å². The lowest BCUT2D eigenvalue weighted by atomic mass is 10.1. The van der Waals surface area contributed by atoms with Crippen molar-refractivity contribution in [2.75, 3.05) is 26.4 Å². The van der Waals surface area contributed by atoms with E-state index >= 15 is 0 Å². The van der Waals surface area contributed by atoms with Crippen molar-refractivity contribution in [1.82, 2.24) is 0 Å². The van der Waals surface area contributed by atoms with Crippen LogP contribution < -0.4 is 18.9 Å². The second kappa shape index (κ2) is 45.8. The van der Waals surface area contributed by atoms with Crippen LogP contribution in [0.1, 0.15) is 94.3 Å². The monoisotopic (exact) mass is 1250 g/mol. The SMILES string of the molecule is CCOC(=O)C(OCC)OCC.CCOC(C)C(=O)Cc1ccc(OCc2ccccc2)cc1.ClCc1ccc(OCc2ccccc2)cc1.O=Cc1ccc(O)cc1.O=Cc1ccc(OCc2ccccc2)cc1.OCc1ccc(OCc2ccccc2)cc1. The van der Waals surface area contributed by atoms with E-state index in [1.165, 1.54) is 17.7 Å². The van der Waals surface area contributed by atoms with Crippen molar-refractivity contribution in [3.63, 3.8) is 0 Å². The molecule has 0 bridgehead atoms. The van der Waals surface area contributed by atoms with Gasteiger partial charge >= 0.3 is 5.97 Å². The van der Waals surface area contributed by atoms with Crippen LogP contribution in [0.4, 0.5) is 0 Å². The molecule has 0 aromatic heterocycles.